The van der Waals surface area contributed by atoms with Crippen molar-refractivity contribution in [3.8, 4) is 78.6 Å². The van der Waals surface area contributed by atoms with E-state index in [2.05, 4.69) is 252 Å². The average molecular weight is 906 g/mol. The Hall–Kier alpha value is -7.04. The van der Waals surface area contributed by atoms with Crippen LogP contribution in [0, 0.1) is 6.92 Å². The van der Waals surface area contributed by atoms with Gasteiger partial charge in [-0.2, -0.15) is 0 Å². The van der Waals surface area contributed by atoms with Crippen LogP contribution in [-0.2, 0) is 21.7 Å². The van der Waals surface area contributed by atoms with Crippen LogP contribution in [0.15, 0.2) is 164 Å². The summed E-state index contributed by atoms with van der Waals surface area (Å²) in [6.45, 7) is 29.0. The lowest BCUT2D eigenvalue weighted by atomic mass is 9.79. The van der Waals surface area contributed by atoms with E-state index >= 15 is 0 Å². The molecule has 7 aromatic carbocycles. The highest BCUT2D eigenvalue weighted by molar-refractivity contribution is 5.98. The third-order valence-corrected chi connectivity index (χ3v) is 13.7. The molecule has 0 saturated heterocycles. The minimum Gasteiger partial charge on any atom is -0.507 e. The largest absolute Gasteiger partial charge is 0.507 e. The Bertz CT molecular complexity index is 3340. The van der Waals surface area contributed by atoms with Crippen molar-refractivity contribution in [1.29, 1.82) is 0 Å². The van der Waals surface area contributed by atoms with Crippen LogP contribution in [0.4, 0.5) is 0 Å². The Morgan fingerprint density at radius 2 is 1.03 bits per heavy atom. The molecule has 0 aliphatic carbocycles. The first-order valence-electron chi connectivity index (χ1n) is 24.4. The van der Waals surface area contributed by atoms with E-state index in [-0.39, 0.29) is 27.4 Å². The van der Waals surface area contributed by atoms with Gasteiger partial charge in [-0.05, 0) is 127 Å². The maximum Gasteiger partial charge on any atom is 0.149 e. The number of aromatic nitrogens is 3. The third kappa shape index (κ3) is 9.42. The Morgan fingerprint density at radius 1 is 0.420 bits per heavy atom. The van der Waals surface area contributed by atoms with Gasteiger partial charge in [-0.25, -0.2) is 4.98 Å². The second-order valence-electron chi connectivity index (χ2n) is 23.1. The Labute approximate surface area is 410 Å². The number of nitrogens with zero attached hydrogens (tertiary/aromatic N) is 3. The fourth-order valence-corrected chi connectivity index (χ4v) is 9.39. The molecular weight excluding hydrogens is 839 g/mol. The summed E-state index contributed by atoms with van der Waals surface area (Å²) in [6.07, 6.45) is 1.91. The van der Waals surface area contributed by atoms with Gasteiger partial charge >= 0.3 is 0 Å². The van der Waals surface area contributed by atoms with Crippen LogP contribution in [0.3, 0.4) is 0 Å². The van der Waals surface area contributed by atoms with Gasteiger partial charge < -0.3 is 5.11 Å². The summed E-state index contributed by atoms with van der Waals surface area (Å²) in [5.41, 5.74) is 19.2. The molecule has 348 valence electrons. The molecule has 4 nitrogen and oxygen atoms in total. The highest BCUT2D eigenvalue weighted by Gasteiger charge is 2.30. The van der Waals surface area contributed by atoms with Gasteiger partial charge in [-0.1, -0.05) is 198 Å². The third-order valence-electron chi connectivity index (χ3n) is 13.7. The van der Waals surface area contributed by atoms with Crippen molar-refractivity contribution < 1.29 is 5.11 Å². The quantitative estimate of drug-likeness (QED) is 0.173. The molecule has 4 heteroatoms. The summed E-state index contributed by atoms with van der Waals surface area (Å²) in [5, 5.41) is 12.7. The first kappa shape index (κ1) is 47.0. The molecule has 0 amide bonds. The molecule has 0 atom stereocenters. The zero-order valence-electron chi connectivity index (χ0n) is 42.9. The first-order valence-corrected chi connectivity index (χ1v) is 24.4. The smallest absolute Gasteiger partial charge is 0.149 e. The molecule has 1 N–H and O–H groups in total. The van der Waals surface area contributed by atoms with E-state index in [1.165, 1.54) is 16.7 Å². The average Bonchev–Trinajstić information content (AvgIpc) is 3.70. The SMILES string of the molecule is Cc1ccc(-c2ccnc(-c3cc(-c4ccccc4)cc(-c4cccc5c4nc(-c4cc(C(C)(C)C)cc(C(C)(C)C)c4O)n5-c4cc(C(C)(C)C)ccc4-c4ccc(C(C)(C)C)cc4)c3)c2)cc1. The number of phenols is 1. The predicted molar refractivity (Wildman–Crippen MR) is 293 cm³/mol. The molecule has 0 aliphatic heterocycles. The monoisotopic (exact) mass is 906 g/mol. The predicted octanol–water partition coefficient (Wildman–Crippen LogP) is 17.6. The van der Waals surface area contributed by atoms with Gasteiger partial charge in [0.25, 0.3) is 0 Å². The van der Waals surface area contributed by atoms with Crippen LogP contribution in [0.25, 0.3) is 83.9 Å². The number of aromatic hydroxyl groups is 1. The van der Waals surface area contributed by atoms with Gasteiger partial charge in [0.2, 0.25) is 0 Å². The van der Waals surface area contributed by atoms with E-state index < -0.39 is 0 Å². The molecule has 2 aromatic heterocycles. The second kappa shape index (κ2) is 17.5. The van der Waals surface area contributed by atoms with E-state index in [1.807, 2.05) is 6.20 Å². The zero-order chi connectivity index (χ0) is 49.2. The van der Waals surface area contributed by atoms with Crippen LogP contribution < -0.4 is 0 Å². The number of hydrogen-bond acceptors (Lipinski definition) is 3. The molecule has 0 fully saturated rings. The van der Waals surface area contributed by atoms with Crippen molar-refractivity contribution >= 4 is 11.0 Å². The van der Waals surface area contributed by atoms with Gasteiger partial charge in [0.15, 0.2) is 0 Å². The maximum absolute atomic E-state index is 12.7. The molecule has 0 aliphatic rings. The number of hydrogen-bond donors (Lipinski definition) is 1. The molecule has 0 spiro atoms. The first-order chi connectivity index (χ1) is 32.5. The van der Waals surface area contributed by atoms with Gasteiger partial charge in [0.1, 0.15) is 11.6 Å². The molecule has 0 radical (unpaired) electrons. The van der Waals surface area contributed by atoms with Crippen LogP contribution in [0.2, 0.25) is 0 Å². The molecule has 0 saturated carbocycles. The topological polar surface area (TPSA) is 50.9 Å². The van der Waals surface area contributed by atoms with E-state index in [0.717, 1.165) is 83.6 Å². The van der Waals surface area contributed by atoms with E-state index in [4.69, 9.17) is 9.97 Å². The van der Waals surface area contributed by atoms with Crippen molar-refractivity contribution in [2.75, 3.05) is 0 Å². The molecule has 9 aromatic rings. The fraction of sp³-hybridized carbons (Fsp3) is 0.262. The molecule has 0 unspecified atom stereocenters. The number of imidazole rings is 1. The van der Waals surface area contributed by atoms with Crippen molar-refractivity contribution in [2.24, 2.45) is 0 Å². The number of benzene rings is 7. The number of phenolic OH excluding ortho intramolecular Hbond substituents is 1. The lowest BCUT2D eigenvalue weighted by molar-refractivity contribution is 0.446. The summed E-state index contributed by atoms with van der Waals surface area (Å²) in [4.78, 5) is 10.8. The van der Waals surface area contributed by atoms with Gasteiger partial charge in [-0.3, -0.25) is 9.55 Å². The van der Waals surface area contributed by atoms with E-state index in [1.54, 1.807) is 0 Å². The lowest BCUT2D eigenvalue weighted by Gasteiger charge is -2.28. The zero-order valence-corrected chi connectivity index (χ0v) is 42.9. The van der Waals surface area contributed by atoms with E-state index in [0.29, 0.717) is 11.4 Å². The van der Waals surface area contributed by atoms with Gasteiger partial charge in [0.05, 0.1) is 28.0 Å². The van der Waals surface area contributed by atoms with Crippen molar-refractivity contribution in [3.63, 3.8) is 0 Å². The summed E-state index contributed by atoms with van der Waals surface area (Å²) in [7, 11) is 0. The Kier molecular flexibility index (Phi) is 11.9. The second-order valence-corrected chi connectivity index (χ2v) is 23.1. The highest BCUT2D eigenvalue weighted by atomic mass is 16.3. The van der Waals surface area contributed by atoms with E-state index in [9.17, 15) is 5.11 Å². The van der Waals surface area contributed by atoms with Gasteiger partial charge in [-0.15, -0.1) is 0 Å². The minimum absolute atomic E-state index is 0.0135. The number of pyridine rings is 1. The van der Waals surface area contributed by atoms with Crippen molar-refractivity contribution in [1.82, 2.24) is 14.5 Å². The number of para-hydroxylation sites is 1. The van der Waals surface area contributed by atoms with Crippen LogP contribution in [0.5, 0.6) is 5.75 Å². The summed E-state index contributed by atoms with van der Waals surface area (Å²) in [6, 6.07) is 57.2. The van der Waals surface area contributed by atoms with Gasteiger partial charge in [0, 0.05) is 28.5 Å². The summed E-state index contributed by atoms with van der Waals surface area (Å²) >= 11 is 0. The number of fused-ring (bicyclic) bond motifs is 1. The summed E-state index contributed by atoms with van der Waals surface area (Å²) < 4.78 is 2.32. The lowest BCUT2D eigenvalue weighted by Crippen LogP contribution is -2.17. The van der Waals surface area contributed by atoms with Crippen LogP contribution in [-0.4, -0.2) is 19.6 Å². The molecule has 9 rings (SSSR count). The molecule has 69 heavy (non-hydrogen) atoms. The highest BCUT2D eigenvalue weighted by Crippen LogP contribution is 2.46. The molecular formula is C65H67N3O. The fourth-order valence-electron chi connectivity index (χ4n) is 9.39. The van der Waals surface area contributed by atoms with Crippen molar-refractivity contribution in [3.05, 3.63) is 192 Å². The maximum atomic E-state index is 12.7. The van der Waals surface area contributed by atoms with Crippen molar-refractivity contribution in [2.45, 2.75) is 112 Å². The Balaban J connectivity index is 1.37. The Morgan fingerprint density at radius 3 is 1.68 bits per heavy atom. The number of aryl methyl sites for hydroxylation is 1. The molecule has 2 heterocycles. The minimum atomic E-state index is -0.340. The van der Waals surface area contributed by atoms with Crippen LogP contribution >= 0.6 is 0 Å². The van der Waals surface area contributed by atoms with Crippen LogP contribution in [0.1, 0.15) is 111 Å². The standard InChI is InChI=1S/C65H67N3O/c1-41-22-24-43(25-23-41)45-32-33-66-56(37-45)48-35-46(42-18-15-14-16-19-42)34-47(36-48)53-20-17-21-57-59(53)67-61(54-38-51(64(8,9)10)39-55(60(54)69)65(11,12)13)68(57)58-40-50(63(5,6)7)30-31-52(58)44-26-28-49(29-27-44)62(2,3)4/h14-40,69H,1-13H3. The number of rotatable bonds is 7. The molecule has 0 bridgehead atoms. The normalized spacial score (nSPS) is 12.5. The summed E-state index contributed by atoms with van der Waals surface area (Å²) in [5.74, 6) is 0.946.